The summed E-state index contributed by atoms with van der Waals surface area (Å²) in [6.45, 7) is 3.98. The summed E-state index contributed by atoms with van der Waals surface area (Å²) in [5.74, 6) is -0.936. The zero-order valence-electron chi connectivity index (χ0n) is 22.3. The summed E-state index contributed by atoms with van der Waals surface area (Å²) in [4.78, 5) is 12.7. The molecule has 0 aromatic heterocycles. The van der Waals surface area contributed by atoms with E-state index in [0.29, 0.717) is 10.4 Å². The number of hydrogen-bond acceptors (Lipinski definition) is 6. The van der Waals surface area contributed by atoms with Gasteiger partial charge in [-0.25, -0.2) is 21.6 Å². The molecule has 0 fully saturated rings. The first-order valence-electron chi connectivity index (χ1n) is 11.9. The lowest BCUT2D eigenvalue weighted by atomic mass is 10.2. The molecule has 3 aromatic carbocycles. The number of hydrogen-bond donors (Lipinski definition) is 2. The number of aryl methyl sites for hydroxylation is 1. The summed E-state index contributed by atoms with van der Waals surface area (Å²) in [6, 6.07) is 11.2. The molecular formula is C26H27ClF3N3O6S2. The van der Waals surface area contributed by atoms with Crippen LogP contribution in [0.1, 0.15) is 25.0 Å². The number of sulfonamides is 2. The Kier molecular flexibility index (Phi) is 9.63. The second-order valence-corrected chi connectivity index (χ2v) is 13.2. The highest BCUT2D eigenvalue weighted by Crippen LogP contribution is 2.38. The van der Waals surface area contributed by atoms with Crippen molar-refractivity contribution in [2.24, 2.45) is 0 Å². The Morgan fingerprint density at radius 1 is 0.976 bits per heavy atom. The fraction of sp³-hybridized carbons (Fsp3) is 0.269. The van der Waals surface area contributed by atoms with Crippen molar-refractivity contribution < 1.29 is 39.5 Å². The Hall–Kier alpha value is -3.33. The van der Waals surface area contributed by atoms with Gasteiger partial charge in [-0.2, -0.15) is 13.2 Å². The summed E-state index contributed by atoms with van der Waals surface area (Å²) < 4.78 is 101. The van der Waals surface area contributed by atoms with Crippen molar-refractivity contribution in [3.05, 3.63) is 76.8 Å². The minimum absolute atomic E-state index is 0.0561. The molecule has 0 unspecified atom stereocenters. The fourth-order valence-electron chi connectivity index (χ4n) is 3.69. The highest BCUT2D eigenvalue weighted by atomic mass is 35.5. The molecule has 222 valence electrons. The van der Waals surface area contributed by atoms with Crippen LogP contribution in [0.3, 0.4) is 0 Å². The number of carbonyl (C=O) groups excluding carboxylic acids is 1. The van der Waals surface area contributed by atoms with Crippen LogP contribution in [0.25, 0.3) is 0 Å². The zero-order valence-corrected chi connectivity index (χ0v) is 24.7. The van der Waals surface area contributed by atoms with Crippen molar-refractivity contribution >= 4 is 48.9 Å². The van der Waals surface area contributed by atoms with Crippen molar-refractivity contribution in [3.63, 3.8) is 0 Å². The molecular weight excluding hydrogens is 607 g/mol. The first-order chi connectivity index (χ1) is 19.0. The number of carbonyl (C=O) groups is 1. The van der Waals surface area contributed by atoms with Gasteiger partial charge < -0.3 is 10.1 Å². The summed E-state index contributed by atoms with van der Waals surface area (Å²) in [6.07, 6.45) is -4.90. The molecule has 0 aliphatic rings. The second-order valence-electron chi connectivity index (χ2n) is 9.17. The third-order valence-electron chi connectivity index (χ3n) is 5.59. The molecule has 0 saturated heterocycles. The monoisotopic (exact) mass is 633 g/mol. The van der Waals surface area contributed by atoms with E-state index in [2.05, 4.69) is 10.0 Å². The third-order valence-corrected chi connectivity index (χ3v) is 9.36. The number of halogens is 4. The molecule has 0 bridgehead atoms. The number of nitrogens with one attached hydrogen (secondary N) is 2. The topological polar surface area (TPSA) is 122 Å². The first-order valence-corrected chi connectivity index (χ1v) is 15.2. The van der Waals surface area contributed by atoms with Gasteiger partial charge in [-0.05, 0) is 69.3 Å². The third kappa shape index (κ3) is 7.70. The lowest BCUT2D eigenvalue weighted by molar-refractivity contribution is -0.137. The largest absolute Gasteiger partial charge is 0.495 e. The smallest absolute Gasteiger partial charge is 0.417 e. The molecule has 15 heteroatoms. The van der Waals surface area contributed by atoms with Crippen molar-refractivity contribution in [3.8, 4) is 5.75 Å². The molecule has 0 aliphatic carbocycles. The van der Waals surface area contributed by atoms with Gasteiger partial charge in [0.05, 0.1) is 38.9 Å². The molecule has 0 heterocycles. The van der Waals surface area contributed by atoms with E-state index in [1.54, 1.807) is 20.8 Å². The fourth-order valence-corrected chi connectivity index (χ4v) is 6.60. The minimum Gasteiger partial charge on any atom is -0.495 e. The maximum atomic E-state index is 13.6. The molecule has 0 radical (unpaired) electrons. The Labute approximate surface area is 241 Å². The van der Waals surface area contributed by atoms with E-state index in [4.69, 9.17) is 16.3 Å². The summed E-state index contributed by atoms with van der Waals surface area (Å²) in [5.41, 5.74) is -1.14. The normalized spacial score (nSPS) is 12.3. The molecule has 3 aromatic rings. The van der Waals surface area contributed by atoms with Crippen molar-refractivity contribution in [2.45, 2.75) is 42.8 Å². The second kappa shape index (κ2) is 12.3. The van der Waals surface area contributed by atoms with E-state index in [1.165, 1.54) is 43.5 Å². The van der Waals surface area contributed by atoms with Gasteiger partial charge in [-0.15, -0.1) is 0 Å². The molecule has 0 aliphatic heterocycles. The van der Waals surface area contributed by atoms with Crippen LogP contribution in [0.4, 0.5) is 24.5 Å². The van der Waals surface area contributed by atoms with Gasteiger partial charge in [-0.3, -0.25) is 9.10 Å². The first kappa shape index (κ1) is 32.2. The van der Waals surface area contributed by atoms with Crippen LogP contribution >= 0.6 is 11.6 Å². The van der Waals surface area contributed by atoms with Gasteiger partial charge in [0.2, 0.25) is 15.9 Å². The lowest BCUT2D eigenvalue weighted by Gasteiger charge is -2.25. The van der Waals surface area contributed by atoms with E-state index < -0.39 is 61.0 Å². The van der Waals surface area contributed by atoms with Crippen LogP contribution in [-0.4, -0.2) is 42.4 Å². The van der Waals surface area contributed by atoms with E-state index >= 15 is 0 Å². The number of rotatable bonds is 10. The van der Waals surface area contributed by atoms with E-state index in [-0.39, 0.29) is 21.2 Å². The Balaban J connectivity index is 2.07. The number of alkyl halides is 3. The lowest BCUT2D eigenvalue weighted by Crippen LogP contribution is -2.38. The maximum absolute atomic E-state index is 13.6. The number of anilines is 2. The molecule has 0 spiro atoms. The number of ether oxygens (including phenoxy) is 1. The highest BCUT2D eigenvalue weighted by molar-refractivity contribution is 7.92. The van der Waals surface area contributed by atoms with Crippen LogP contribution in [0.5, 0.6) is 5.75 Å². The number of benzene rings is 3. The van der Waals surface area contributed by atoms with Gasteiger partial charge in [0.15, 0.2) is 0 Å². The Bertz CT molecular complexity index is 1650. The van der Waals surface area contributed by atoms with Crippen LogP contribution in [0.2, 0.25) is 5.02 Å². The molecule has 9 nitrogen and oxygen atoms in total. The molecule has 1 amide bonds. The standard InChI is InChI=1S/C26H27ClF3N3O6S2/c1-16(2)32-40(35,36)20-10-12-24(39-4)23(14-20)31-25(34)15-33(41(37,38)19-8-5-17(3)6-9-19)18-7-11-22(27)21(13-18)26(28,29)30/h5-14,16,32H,15H2,1-4H3,(H,31,34). The average molecular weight is 634 g/mol. The van der Waals surface area contributed by atoms with Gasteiger partial charge in [-0.1, -0.05) is 29.3 Å². The van der Waals surface area contributed by atoms with Gasteiger partial charge in [0.1, 0.15) is 12.3 Å². The Morgan fingerprint density at radius 2 is 1.59 bits per heavy atom. The minimum atomic E-state index is -4.90. The van der Waals surface area contributed by atoms with Gasteiger partial charge >= 0.3 is 6.18 Å². The zero-order chi connectivity index (χ0) is 30.8. The number of amides is 1. The molecule has 3 rings (SSSR count). The SMILES string of the molecule is COc1ccc(S(=O)(=O)NC(C)C)cc1NC(=O)CN(c1ccc(Cl)c(C(F)(F)F)c1)S(=O)(=O)c1ccc(C)cc1. The molecule has 0 saturated carbocycles. The molecule has 0 atom stereocenters. The van der Waals surface area contributed by atoms with Crippen molar-refractivity contribution in [1.29, 1.82) is 0 Å². The number of nitrogens with zero attached hydrogens (tertiary/aromatic N) is 1. The van der Waals surface area contributed by atoms with Crippen molar-refractivity contribution in [1.82, 2.24) is 4.72 Å². The van der Waals surface area contributed by atoms with Crippen LogP contribution in [0, 0.1) is 6.92 Å². The highest BCUT2D eigenvalue weighted by Gasteiger charge is 2.35. The van der Waals surface area contributed by atoms with Crippen LogP contribution in [-0.2, 0) is 31.0 Å². The summed E-state index contributed by atoms with van der Waals surface area (Å²) in [7, 11) is -7.28. The van der Waals surface area contributed by atoms with Gasteiger partial charge in [0, 0.05) is 6.04 Å². The van der Waals surface area contributed by atoms with Gasteiger partial charge in [0.25, 0.3) is 10.0 Å². The predicted molar refractivity (Wildman–Crippen MR) is 149 cm³/mol. The maximum Gasteiger partial charge on any atom is 0.417 e. The molecule has 41 heavy (non-hydrogen) atoms. The summed E-state index contributed by atoms with van der Waals surface area (Å²) >= 11 is 5.73. The van der Waals surface area contributed by atoms with E-state index in [9.17, 15) is 34.8 Å². The average Bonchev–Trinajstić information content (AvgIpc) is 2.86. The van der Waals surface area contributed by atoms with Crippen LogP contribution < -0.4 is 19.1 Å². The van der Waals surface area contributed by atoms with Crippen molar-refractivity contribution in [2.75, 3.05) is 23.3 Å². The predicted octanol–water partition coefficient (Wildman–Crippen LogP) is 5.20. The molecule has 2 N–H and O–H groups in total. The van der Waals surface area contributed by atoms with E-state index in [1.807, 2.05) is 0 Å². The van der Waals surface area contributed by atoms with E-state index in [0.717, 1.165) is 23.8 Å². The quantitative estimate of drug-likeness (QED) is 0.317. The Morgan fingerprint density at radius 3 is 2.15 bits per heavy atom. The summed E-state index contributed by atoms with van der Waals surface area (Å²) in [5, 5.41) is 1.75. The van der Waals surface area contributed by atoms with Crippen LogP contribution in [0.15, 0.2) is 70.5 Å². The number of methoxy groups -OCH3 is 1.